The van der Waals surface area contributed by atoms with Crippen molar-refractivity contribution in [2.75, 3.05) is 18.4 Å². The summed E-state index contributed by atoms with van der Waals surface area (Å²) in [6.07, 6.45) is -0.659. The van der Waals surface area contributed by atoms with Gasteiger partial charge in [-0.3, -0.25) is 0 Å². The molecular formula is C24H37F4N7O. The van der Waals surface area contributed by atoms with Crippen LogP contribution in [0.5, 0.6) is 0 Å². The van der Waals surface area contributed by atoms with Gasteiger partial charge in [0.1, 0.15) is 17.5 Å². The van der Waals surface area contributed by atoms with Crippen LogP contribution in [0.1, 0.15) is 73.1 Å². The third kappa shape index (κ3) is 5.96. The number of benzene rings is 1. The van der Waals surface area contributed by atoms with Gasteiger partial charge in [-0.15, -0.1) is 5.10 Å². The standard InChI is InChI=1S/C24H31F4N7O.3H2/c1-3-34(23(36)30-14(2)29)12-10-20(15-6-7-15)31-22-32-21-17(5-4-11-35(21)33-22)16-8-9-19(25)18(13-16)24(26,27)28;;;/h8-9,13,15,17,20H,3-7,10-12H2,1-2H3,(H,31,33)(H2,29,30,36);3*1H/t17?,20-;;;/m0.../s1. The molecule has 8 nitrogen and oxygen atoms in total. The number of aryl methyl sites for hydroxylation is 1. The monoisotopic (exact) mass is 515 g/mol. The maximum absolute atomic E-state index is 13.8. The molecule has 1 aliphatic heterocycles. The average Bonchev–Trinajstić information content (AvgIpc) is 3.56. The van der Waals surface area contributed by atoms with Crippen molar-refractivity contribution >= 4 is 17.8 Å². The first-order valence-corrected chi connectivity index (χ1v) is 12.2. The molecule has 0 spiro atoms. The number of hydrogen-bond donors (Lipinski definition) is 2. The molecule has 3 N–H and O–H groups in total. The Balaban J connectivity index is 0.00000253. The maximum atomic E-state index is 13.8. The topological polar surface area (TPSA) is 101 Å². The largest absolute Gasteiger partial charge is 0.419 e. The summed E-state index contributed by atoms with van der Waals surface area (Å²) >= 11 is 0. The average molecular weight is 516 g/mol. The normalized spacial score (nSPS) is 19.1. The molecule has 2 amide bonds. The number of halogens is 4. The van der Waals surface area contributed by atoms with Crippen LogP contribution in [-0.2, 0) is 12.7 Å². The zero-order valence-corrected chi connectivity index (χ0v) is 20.4. The fourth-order valence-corrected chi connectivity index (χ4v) is 4.70. The molecule has 0 radical (unpaired) electrons. The number of carbonyl (C=O) groups excluding carboxylic acids is 1. The van der Waals surface area contributed by atoms with E-state index in [4.69, 9.17) is 5.73 Å². The summed E-state index contributed by atoms with van der Waals surface area (Å²) < 4.78 is 55.3. The summed E-state index contributed by atoms with van der Waals surface area (Å²) in [6, 6.07) is 2.81. The predicted molar refractivity (Wildman–Crippen MR) is 134 cm³/mol. The summed E-state index contributed by atoms with van der Waals surface area (Å²) in [7, 11) is 0. The number of carbonyl (C=O) groups is 1. The van der Waals surface area contributed by atoms with E-state index in [0.29, 0.717) is 55.7 Å². The van der Waals surface area contributed by atoms with Crippen LogP contribution in [0, 0.1) is 11.7 Å². The molecule has 1 aromatic heterocycles. The Labute approximate surface area is 211 Å². The second-order valence-electron chi connectivity index (χ2n) is 9.44. The Morgan fingerprint density at radius 1 is 1.36 bits per heavy atom. The Hall–Kier alpha value is -3.18. The number of alkyl halides is 3. The molecule has 1 unspecified atom stereocenters. The van der Waals surface area contributed by atoms with Crippen molar-refractivity contribution in [3.8, 4) is 0 Å². The van der Waals surface area contributed by atoms with Gasteiger partial charge in [0.15, 0.2) is 0 Å². The van der Waals surface area contributed by atoms with Crippen LogP contribution in [0.15, 0.2) is 23.2 Å². The molecule has 2 aromatic rings. The summed E-state index contributed by atoms with van der Waals surface area (Å²) in [6.45, 7) is 5.05. The molecule has 1 aliphatic carbocycles. The van der Waals surface area contributed by atoms with E-state index in [-0.39, 0.29) is 22.2 Å². The Morgan fingerprint density at radius 3 is 2.75 bits per heavy atom. The van der Waals surface area contributed by atoms with E-state index in [1.165, 1.54) is 6.07 Å². The van der Waals surface area contributed by atoms with Crippen molar-refractivity contribution < 1.29 is 26.6 Å². The minimum Gasteiger partial charge on any atom is -0.387 e. The van der Waals surface area contributed by atoms with Crippen LogP contribution in [-0.4, -0.2) is 50.7 Å². The number of nitrogens with two attached hydrogens (primary N) is 1. The molecule has 1 saturated carbocycles. The summed E-state index contributed by atoms with van der Waals surface area (Å²) in [5.41, 5.74) is 4.64. The summed E-state index contributed by atoms with van der Waals surface area (Å²) in [5.74, 6) is -0.0747. The predicted octanol–water partition coefficient (Wildman–Crippen LogP) is 5.50. The van der Waals surface area contributed by atoms with E-state index >= 15 is 0 Å². The number of urea groups is 1. The molecule has 0 saturated heterocycles. The van der Waals surface area contributed by atoms with Gasteiger partial charge in [0.25, 0.3) is 0 Å². The van der Waals surface area contributed by atoms with Crippen molar-refractivity contribution in [3.05, 3.63) is 41.0 Å². The first-order valence-electron chi connectivity index (χ1n) is 12.2. The van der Waals surface area contributed by atoms with E-state index in [2.05, 4.69) is 20.4 Å². The molecule has 12 heteroatoms. The van der Waals surface area contributed by atoms with Crippen molar-refractivity contribution in [1.29, 1.82) is 0 Å². The number of hydrogen-bond acceptors (Lipinski definition) is 4. The molecule has 1 fully saturated rings. The second-order valence-corrected chi connectivity index (χ2v) is 9.44. The van der Waals surface area contributed by atoms with Gasteiger partial charge in [-0.25, -0.2) is 13.9 Å². The number of fused-ring (bicyclic) bond motifs is 1. The molecule has 36 heavy (non-hydrogen) atoms. The number of aromatic nitrogens is 3. The highest BCUT2D eigenvalue weighted by molar-refractivity contribution is 5.91. The van der Waals surface area contributed by atoms with E-state index in [9.17, 15) is 22.4 Å². The van der Waals surface area contributed by atoms with Crippen molar-refractivity contribution in [2.24, 2.45) is 16.6 Å². The maximum Gasteiger partial charge on any atom is 0.419 e. The lowest BCUT2D eigenvalue weighted by atomic mass is 9.90. The van der Waals surface area contributed by atoms with Crippen molar-refractivity contribution in [1.82, 2.24) is 19.7 Å². The smallest absolute Gasteiger partial charge is 0.387 e. The molecule has 202 valence electrons. The lowest BCUT2D eigenvalue weighted by Crippen LogP contribution is -2.35. The van der Waals surface area contributed by atoms with Gasteiger partial charge in [-0.1, -0.05) is 6.07 Å². The number of anilines is 1. The number of amides is 2. The lowest BCUT2D eigenvalue weighted by Gasteiger charge is -2.23. The van der Waals surface area contributed by atoms with Crippen LogP contribution >= 0.6 is 0 Å². The number of aliphatic imine (C=N–C) groups is 1. The van der Waals surface area contributed by atoms with Crippen molar-refractivity contribution in [2.45, 2.75) is 70.6 Å². The van der Waals surface area contributed by atoms with Gasteiger partial charge in [-0.05, 0) is 69.6 Å². The first kappa shape index (κ1) is 25.9. The van der Waals surface area contributed by atoms with Crippen molar-refractivity contribution in [3.63, 3.8) is 0 Å². The molecule has 2 atom stereocenters. The molecule has 2 heterocycles. The first-order chi connectivity index (χ1) is 17.1. The number of nitrogens with zero attached hydrogens (tertiary/aromatic N) is 5. The van der Waals surface area contributed by atoms with E-state index in [0.717, 1.165) is 31.4 Å². The summed E-state index contributed by atoms with van der Waals surface area (Å²) in [4.78, 5) is 22.4. The molecule has 2 aliphatic rings. The van der Waals surface area contributed by atoms with Crippen LogP contribution < -0.4 is 11.1 Å². The van der Waals surface area contributed by atoms with E-state index in [1.807, 2.05) is 6.92 Å². The highest BCUT2D eigenvalue weighted by Gasteiger charge is 2.36. The minimum atomic E-state index is -4.77. The quantitative estimate of drug-likeness (QED) is 0.275. The number of nitrogens with one attached hydrogen (secondary N) is 1. The second kappa shape index (κ2) is 10.4. The van der Waals surface area contributed by atoms with E-state index in [1.54, 1.807) is 16.5 Å². The fraction of sp³-hybridized carbons (Fsp3) is 0.583. The van der Waals surface area contributed by atoms with Crippen LogP contribution in [0.2, 0.25) is 0 Å². The Kier molecular flexibility index (Phi) is 7.51. The minimum absolute atomic E-state index is 0. The fourth-order valence-electron chi connectivity index (χ4n) is 4.70. The van der Waals surface area contributed by atoms with Crippen LogP contribution in [0.25, 0.3) is 0 Å². The van der Waals surface area contributed by atoms with Gasteiger partial charge in [0, 0.05) is 35.9 Å². The van der Waals surface area contributed by atoms with Gasteiger partial charge in [0.2, 0.25) is 5.95 Å². The lowest BCUT2D eigenvalue weighted by molar-refractivity contribution is -0.140. The summed E-state index contributed by atoms with van der Waals surface area (Å²) in [5, 5.41) is 7.96. The zero-order chi connectivity index (χ0) is 26.0. The zero-order valence-electron chi connectivity index (χ0n) is 20.4. The van der Waals surface area contributed by atoms with Crippen LogP contribution in [0.3, 0.4) is 0 Å². The SMILES string of the molecule is CCN(CC[C@H](Nc1nc2n(n1)CCCC2c1ccc(F)c(C(F)(F)F)c1)C1CC1)C(=O)/N=C(/C)N.[HH].[HH].[HH]. The Bertz CT molecular complexity index is 1140. The van der Waals surface area contributed by atoms with Gasteiger partial charge >= 0.3 is 12.2 Å². The van der Waals surface area contributed by atoms with Crippen LogP contribution in [0.4, 0.5) is 28.3 Å². The molecular weight excluding hydrogens is 478 g/mol. The molecule has 4 rings (SSSR count). The van der Waals surface area contributed by atoms with Gasteiger partial charge in [0.05, 0.1) is 5.56 Å². The number of amidine groups is 1. The highest BCUT2D eigenvalue weighted by atomic mass is 19.4. The third-order valence-electron chi connectivity index (χ3n) is 6.71. The highest BCUT2D eigenvalue weighted by Crippen LogP contribution is 2.39. The Morgan fingerprint density at radius 2 is 2.11 bits per heavy atom. The van der Waals surface area contributed by atoms with Gasteiger partial charge in [-0.2, -0.15) is 23.1 Å². The molecule has 0 bridgehead atoms. The van der Waals surface area contributed by atoms with Gasteiger partial charge < -0.3 is 16.0 Å². The molecule has 1 aromatic carbocycles. The third-order valence-corrected chi connectivity index (χ3v) is 6.71. The van der Waals surface area contributed by atoms with E-state index < -0.39 is 23.5 Å². The number of rotatable bonds is 8.